The Morgan fingerprint density at radius 3 is 2.47 bits per heavy atom. The molecule has 0 aromatic heterocycles. The van der Waals surface area contributed by atoms with E-state index < -0.39 is 0 Å². The molecule has 0 amide bonds. The molecule has 0 atom stereocenters. The van der Waals surface area contributed by atoms with Crippen molar-refractivity contribution in [1.29, 1.82) is 0 Å². The Labute approximate surface area is 115 Å². The number of nitrogens with one attached hydrogen (secondary N) is 1. The molecule has 0 saturated heterocycles. The zero-order valence-electron chi connectivity index (χ0n) is 11.6. The van der Waals surface area contributed by atoms with Gasteiger partial charge >= 0.3 is 0 Å². The molecule has 2 nitrogen and oxygen atoms in total. The Morgan fingerprint density at radius 1 is 1.00 bits per heavy atom. The standard InChI is InChI=1S/C17H21NO/c1-3-12-19-17-7-5-4-6-15(17)13-18-16-10-8-14(2)9-11-16/h4-11,18H,3,12-13H2,1-2H3. The van der Waals surface area contributed by atoms with Gasteiger partial charge in [-0.3, -0.25) is 0 Å². The van der Waals surface area contributed by atoms with E-state index in [9.17, 15) is 0 Å². The van der Waals surface area contributed by atoms with Gasteiger partial charge in [-0.25, -0.2) is 0 Å². The molecule has 2 aromatic carbocycles. The Bertz CT molecular complexity index is 505. The minimum Gasteiger partial charge on any atom is -0.493 e. The van der Waals surface area contributed by atoms with Gasteiger partial charge in [0, 0.05) is 17.8 Å². The first kappa shape index (κ1) is 13.5. The van der Waals surface area contributed by atoms with E-state index in [1.54, 1.807) is 0 Å². The summed E-state index contributed by atoms with van der Waals surface area (Å²) in [6, 6.07) is 16.6. The van der Waals surface area contributed by atoms with E-state index >= 15 is 0 Å². The van der Waals surface area contributed by atoms with Gasteiger partial charge in [0.05, 0.1) is 6.61 Å². The molecule has 0 heterocycles. The van der Waals surface area contributed by atoms with E-state index in [4.69, 9.17) is 4.74 Å². The van der Waals surface area contributed by atoms with Gasteiger partial charge in [0.1, 0.15) is 5.75 Å². The highest BCUT2D eigenvalue weighted by Crippen LogP contribution is 2.20. The minimum absolute atomic E-state index is 0.765. The van der Waals surface area contributed by atoms with Crippen LogP contribution in [0.25, 0.3) is 0 Å². The number of rotatable bonds is 6. The molecule has 0 unspecified atom stereocenters. The van der Waals surface area contributed by atoms with Crippen molar-refractivity contribution in [1.82, 2.24) is 0 Å². The third kappa shape index (κ3) is 4.02. The van der Waals surface area contributed by atoms with Gasteiger partial charge in [0.15, 0.2) is 0 Å². The molecule has 0 spiro atoms. The lowest BCUT2D eigenvalue weighted by atomic mass is 10.2. The number of anilines is 1. The van der Waals surface area contributed by atoms with E-state index in [-0.39, 0.29) is 0 Å². The van der Waals surface area contributed by atoms with Gasteiger partial charge in [-0.1, -0.05) is 42.8 Å². The molecule has 0 aliphatic heterocycles. The molecule has 0 saturated carbocycles. The summed E-state index contributed by atoms with van der Waals surface area (Å²) in [6.45, 7) is 5.76. The fourth-order valence-electron chi connectivity index (χ4n) is 1.87. The van der Waals surface area contributed by atoms with Crippen LogP contribution in [-0.2, 0) is 6.54 Å². The lowest BCUT2D eigenvalue weighted by Gasteiger charge is -2.12. The summed E-state index contributed by atoms with van der Waals surface area (Å²) in [7, 11) is 0. The highest BCUT2D eigenvalue weighted by atomic mass is 16.5. The number of benzene rings is 2. The van der Waals surface area contributed by atoms with Crippen molar-refractivity contribution in [3.05, 3.63) is 59.7 Å². The smallest absolute Gasteiger partial charge is 0.124 e. The predicted octanol–water partition coefficient (Wildman–Crippen LogP) is 4.40. The molecular weight excluding hydrogens is 234 g/mol. The third-order valence-electron chi connectivity index (χ3n) is 2.97. The Balaban J connectivity index is 2.00. The lowest BCUT2D eigenvalue weighted by Crippen LogP contribution is -2.03. The average molecular weight is 255 g/mol. The summed E-state index contributed by atoms with van der Waals surface area (Å²) in [5.74, 6) is 0.976. The van der Waals surface area contributed by atoms with Crippen molar-refractivity contribution in [2.75, 3.05) is 11.9 Å². The molecular formula is C17H21NO. The minimum atomic E-state index is 0.765. The molecule has 0 fully saturated rings. The van der Waals surface area contributed by atoms with Crippen LogP contribution in [0.1, 0.15) is 24.5 Å². The highest BCUT2D eigenvalue weighted by molar-refractivity contribution is 5.46. The molecule has 2 rings (SSSR count). The monoisotopic (exact) mass is 255 g/mol. The number of aryl methyl sites for hydroxylation is 1. The van der Waals surface area contributed by atoms with Crippen molar-refractivity contribution < 1.29 is 4.74 Å². The summed E-state index contributed by atoms with van der Waals surface area (Å²) in [5, 5.41) is 3.42. The first-order valence-corrected chi connectivity index (χ1v) is 6.81. The molecule has 2 heteroatoms. The fraction of sp³-hybridized carbons (Fsp3) is 0.294. The summed E-state index contributed by atoms with van der Waals surface area (Å²) in [5.41, 5.74) is 3.60. The van der Waals surface area contributed by atoms with Crippen LogP contribution in [0.2, 0.25) is 0 Å². The number of para-hydroxylation sites is 1. The summed E-state index contributed by atoms with van der Waals surface area (Å²) >= 11 is 0. The number of hydrogen-bond acceptors (Lipinski definition) is 2. The average Bonchev–Trinajstić information content (AvgIpc) is 2.45. The van der Waals surface area contributed by atoms with Crippen LogP contribution in [0, 0.1) is 6.92 Å². The maximum Gasteiger partial charge on any atom is 0.124 e. The number of hydrogen-bond donors (Lipinski definition) is 1. The fourth-order valence-corrected chi connectivity index (χ4v) is 1.87. The van der Waals surface area contributed by atoms with E-state index in [2.05, 4.69) is 49.5 Å². The van der Waals surface area contributed by atoms with Crippen LogP contribution < -0.4 is 10.1 Å². The van der Waals surface area contributed by atoms with E-state index in [0.717, 1.165) is 31.0 Å². The summed E-state index contributed by atoms with van der Waals surface area (Å²) < 4.78 is 5.75. The van der Waals surface area contributed by atoms with Crippen LogP contribution in [0.5, 0.6) is 5.75 Å². The second-order valence-corrected chi connectivity index (χ2v) is 4.68. The summed E-state index contributed by atoms with van der Waals surface area (Å²) in [4.78, 5) is 0. The van der Waals surface area contributed by atoms with E-state index in [0.29, 0.717) is 0 Å². The maximum atomic E-state index is 5.75. The van der Waals surface area contributed by atoms with E-state index in [1.165, 1.54) is 11.1 Å². The summed E-state index contributed by atoms with van der Waals surface area (Å²) in [6.07, 6.45) is 1.03. The second kappa shape index (κ2) is 6.83. The molecule has 0 aliphatic carbocycles. The topological polar surface area (TPSA) is 21.3 Å². The third-order valence-corrected chi connectivity index (χ3v) is 2.97. The first-order chi connectivity index (χ1) is 9.29. The molecule has 0 radical (unpaired) electrons. The van der Waals surface area contributed by atoms with Crippen molar-refractivity contribution in [2.45, 2.75) is 26.8 Å². The van der Waals surface area contributed by atoms with Crippen LogP contribution in [0.4, 0.5) is 5.69 Å². The van der Waals surface area contributed by atoms with Gasteiger partial charge in [-0.2, -0.15) is 0 Å². The first-order valence-electron chi connectivity index (χ1n) is 6.81. The predicted molar refractivity (Wildman–Crippen MR) is 80.7 cm³/mol. The van der Waals surface area contributed by atoms with Gasteiger partial charge in [-0.05, 0) is 31.5 Å². The Kier molecular flexibility index (Phi) is 4.85. The van der Waals surface area contributed by atoms with Crippen LogP contribution in [0.15, 0.2) is 48.5 Å². The molecule has 1 N–H and O–H groups in total. The Hall–Kier alpha value is -1.96. The SMILES string of the molecule is CCCOc1ccccc1CNc1ccc(C)cc1. The van der Waals surface area contributed by atoms with Gasteiger partial charge in [0.25, 0.3) is 0 Å². The molecule has 2 aromatic rings. The van der Waals surface area contributed by atoms with Crippen molar-refractivity contribution in [3.8, 4) is 5.75 Å². The van der Waals surface area contributed by atoms with Gasteiger partial charge in [0.2, 0.25) is 0 Å². The van der Waals surface area contributed by atoms with Crippen molar-refractivity contribution in [2.24, 2.45) is 0 Å². The molecule has 0 bridgehead atoms. The van der Waals surface area contributed by atoms with E-state index in [1.807, 2.05) is 18.2 Å². The molecule has 0 aliphatic rings. The van der Waals surface area contributed by atoms with Gasteiger partial charge < -0.3 is 10.1 Å². The van der Waals surface area contributed by atoms with Crippen molar-refractivity contribution >= 4 is 5.69 Å². The molecule has 100 valence electrons. The largest absolute Gasteiger partial charge is 0.493 e. The van der Waals surface area contributed by atoms with Crippen LogP contribution >= 0.6 is 0 Å². The quantitative estimate of drug-likeness (QED) is 0.826. The van der Waals surface area contributed by atoms with Gasteiger partial charge in [-0.15, -0.1) is 0 Å². The number of ether oxygens (including phenoxy) is 1. The zero-order valence-corrected chi connectivity index (χ0v) is 11.6. The normalized spacial score (nSPS) is 10.2. The Morgan fingerprint density at radius 2 is 1.74 bits per heavy atom. The van der Waals surface area contributed by atoms with Crippen LogP contribution in [-0.4, -0.2) is 6.61 Å². The second-order valence-electron chi connectivity index (χ2n) is 4.68. The zero-order chi connectivity index (χ0) is 13.5. The molecule has 19 heavy (non-hydrogen) atoms. The van der Waals surface area contributed by atoms with Crippen LogP contribution in [0.3, 0.4) is 0 Å². The highest BCUT2D eigenvalue weighted by Gasteiger charge is 2.02. The van der Waals surface area contributed by atoms with Crippen molar-refractivity contribution in [3.63, 3.8) is 0 Å². The maximum absolute atomic E-state index is 5.75. The lowest BCUT2D eigenvalue weighted by molar-refractivity contribution is 0.314.